The molecule has 0 unspecified atom stereocenters. The van der Waals surface area contributed by atoms with Gasteiger partial charge >= 0.3 is 0 Å². The molecule has 0 aromatic heterocycles. The number of nitrogens with one attached hydrogen (secondary N) is 2. The Morgan fingerprint density at radius 2 is 1.69 bits per heavy atom. The van der Waals surface area contributed by atoms with E-state index in [9.17, 15) is 22.0 Å². The number of amides is 1. The van der Waals surface area contributed by atoms with E-state index in [1.807, 2.05) is 0 Å². The van der Waals surface area contributed by atoms with Crippen LogP contribution in [0.4, 0.5) is 14.5 Å². The summed E-state index contributed by atoms with van der Waals surface area (Å²) in [5, 5.41) is 2.27. The number of carbonyl (C=O) groups excluding carboxylic acids is 1. The van der Waals surface area contributed by atoms with Gasteiger partial charge in [-0.15, -0.1) is 0 Å². The third-order valence-electron chi connectivity index (χ3n) is 4.53. The fraction of sp³-hybridized carbons (Fsp3) is 0.174. The third-order valence-corrected chi connectivity index (χ3v) is 6.02. The van der Waals surface area contributed by atoms with Gasteiger partial charge in [-0.25, -0.2) is 17.2 Å². The van der Waals surface area contributed by atoms with Crippen molar-refractivity contribution < 1.29 is 26.7 Å². The molecule has 0 bridgehead atoms. The lowest BCUT2D eigenvalue weighted by Crippen LogP contribution is -2.45. The molecule has 32 heavy (non-hydrogen) atoms. The fourth-order valence-electron chi connectivity index (χ4n) is 2.99. The van der Waals surface area contributed by atoms with Gasteiger partial charge in [0.05, 0.1) is 17.2 Å². The van der Waals surface area contributed by atoms with E-state index in [1.54, 1.807) is 37.3 Å². The number of hydrogen-bond acceptors (Lipinski definition) is 4. The molecular formula is C23H22F2N2O4S. The Kier molecular flexibility index (Phi) is 7.55. The van der Waals surface area contributed by atoms with Crippen LogP contribution in [0, 0.1) is 11.6 Å². The second-order valence-electron chi connectivity index (χ2n) is 6.88. The standard InChI is InChI=1S/C23H22F2N2O4S/c1-2-31-18-9-11-19(12-10-18)32(29,30)27-22(14-16-6-4-3-5-7-16)23(28)26-21-15-17(24)8-13-20(21)25/h3-13,15,22,27H,2,14H2,1H3,(H,26,28)/t22-/m1/s1. The highest BCUT2D eigenvalue weighted by Crippen LogP contribution is 2.19. The Balaban J connectivity index is 1.86. The van der Waals surface area contributed by atoms with Gasteiger partial charge in [0.1, 0.15) is 23.4 Å². The first kappa shape index (κ1) is 23.4. The van der Waals surface area contributed by atoms with Crippen LogP contribution in [-0.2, 0) is 21.2 Å². The molecular weight excluding hydrogens is 438 g/mol. The molecule has 1 atom stereocenters. The molecule has 0 saturated heterocycles. The first-order valence-corrected chi connectivity index (χ1v) is 11.3. The number of halogens is 2. The van der Waals surface area contributed by atoms with Crippen LogP contribution in [0.1, 0.15) is 12.5 Å². The summed E-state index contributed by atoms with van der Waals surface area (Å²) in [6, 6.07) is 15.8. The lowest BCUT2D eigenvalue weighted by atomic mass is 10.1. The van der Waals surface area contributed by atoms with Crippen molar-refractivity contribution in [3.05, 3.63) is 90.0 Å². The number of rotatable bonds is 9. The van der Waals surface area contributed by atoms with Crippen LogP contribution in [0.3, 0.4) is 0 Å². The molecule has 0 aliphatic heterocycles. The Hall–Kier alpha value is -3.30. The zero-order valence-electron chi connectivity index (χ0n) is 17.2. The molecule has 0 spiro atoms. The van der Waals surface area contributed by atoms with Gasteiger partial charge in [-0.05, 0) is 55.3 Å². The predicted molar refractivity (Wildman–Crippen MR) is 117 cm³/mol. The molecule has 0 saturated carbocycles. The van der Waals surface area contributed by atoms with Crippen LogP contribution in [-0.4, -0.2) is 27.0 Å². The summed E-state index contributed by atoms with van der Waals surface area (Å²) in [4.78, 5) is 12.8. The number of ether oxygens (including phenoxy) is 1. The van der Waals surface area contributed by atoms with Gasteiger partial charge in [-0.1, -0.05) is 30.3 Å². The quantitative estimate of drug-likeness (QED) is 0.507. The van der Waals surface area contributed by atoms with Gasteiger partial charge in [-0.2, -0.15) is 4.72 Å². The zero-order valence-corrected chi connectivity index (χ0v) is 18.0. The van der Waals surface area contributed by atoms with Crippen LogP contribution in [0.25, 0.3) is 0 Å². The molecule has 2 N–H and O–H groups in total. The van der Waals surface area contributed by atoms with E-state index in [2.05, 4.69) is 10.0 Å². The average Bonchev–Trinajstić information content (AvgIpc) is 2.77. The van der Waals surface area contributed by atoms with E-state index in [-0.39, 0.29) is 17.0 Å². The summed E-state index contributed by atoms with van der Waals surface area (Å²) in [7, 11) is -4.10. The second kappa shape index (κ2) is 10.3. The Bertz CT molecular complexity index is 1170. The maximum Gasteiger partial charge on any atom is 0.242 e. The van der Waals surface area contributed by atoms with E-state index in [1.165, 1.54) is 24.3 Å². The lowest BCUT2D eigenvalue weighted by Gasteiger charge is -2.19. The minimum absolute atomic E-state index is 0.000131. The van der Waals surface area contributed by atoms with Crippen molar-refractivity contribution >= 4 is 21.6 Å². The molecule has 3 aromatic carbocycles. The Morgan fingerprint density at radius 1 is 1.00 bits per heavy atom. The molecule has 3 rings (SSSR count). The highest BCUT2D eigenvalue weighted by molar-refractivity contribution is 7.89. The van der Waals surface area contributed by atoms with E-state index in [4.69, 9.17) is 4.74 Å². The lowest BCUT2D eigenvalue weighted by molar-refractivity contribution is -0.117. The number of anilines is 1. The maximum absolute atomic E-state index is 14.0. The number of benzene rings is 3. The highest BCUT2D eigenvalue weighted by atomic mass is 32.2. The van der Waals surface area contributed by atoms with E-state index in [0.29, 0.717) is 17.9 Å². The molecule has 1 amide bonds. The molecule has 0 aliphatic carbocycles. The second-order valence-corrected chi connectivity index (χ2v) is 8.60. The normalized spacial score (nSPS) is 12.2. The van der Waals surface area contributed by atoms with E-state index in [0.717, 1.165) is 18.2 Å². The SMILES string of the molecule is CCOc1ccc(S(=O)(=O)N[C@H](Cc2ccccc2)C(=O)Nc2cc(F)ccc2F)cc1. The van der Waals surface area contributed by atoms with Crippen molar-refractivity contribution in [1.29, 1.82) is 0 Å². The van der Waals surface area contributed by atoms with Gasteiger partial charge in [-0.3, -0.25) is 4.79 Å². The summed E-state index contributed by atoms with van der Waals surface area (Å²) < 4.78 is 61.0. The first-order chi connectivity index (χ1) is 15.3. The number of hydrogen-bond donors (Lipinski definition) is 2. The topological polar surface area (TPSA) is 84.5 Å². The molecule has 0 heterocycles. The van der Waals surface area contributed by atoms with Crippen molar-refractivity contribution in [2.45, 2.75) is 24.3 Å². The smallest absolute Gasteiger partial charge is 0.242 e. The Morgan fingerprint density at radius 3 is 2.34 bits per heavy atom. The summed E-state index contributed by atoms with van der Waals surface area (Å²) in [5.74, 6) is -1.90. The largest absolute Gasteiger partial charge is 0.494 e. The van der Waals surface area contributed by atoms with Crippen molar-refractivity contribution in [2.75, 3.05) is 11.9 Å². The molecule has 168 valence electrons. The minimum atomic E-state index is -4.10. The van der Waals surface area contributed by atoms with Gasteiger partial charge in [0.15, 0.2) is 0 Å². The number of sulfonamides is 1. The zero-order chi connectivity index (χ0) is 23.1. The summed E-state index contributed by atoms with van der Waals surface area (Å²) in [5.41, 5.74) is 0.301. The van der Waals surface area contributed by atoms with Gasteiger partial charge in [0.2, 0.25) is 15.9 Å². The molecule has 6 nitrogen and oxygen atoms in total. The van der Waals surface area contributed by atoms with E-state index < -0.39 is 33.6 Å². The van der Waals surface area contributed by atoms with Crippen LogP contribution in [0.2, 0.25) is 0 Å². The summed E-state index contributed by atoms with van der Waals surface area (Å²) in [6.07, 6.45) is -0.000131. The van der Waals surface area contributed by atoms with Crippen molar-refractivity contribution in [1.82, 2.24) is 4.72 Å². The fourth-order valence-corrected chi connectivity index (χ4v) is 4.18. The van der Waals surface area contributed by atoms with Crippen LogP contribution >= 0.6 is 0 Å². The first-order valence-electron chi connectivity index (χ1n) is 9.83. The predicted octanol–water partition coefficient (Wildman–Crippen LogP) is 3.89. The third kappa shape index (κ3) is 6.12. The maximum atomic E-state index is 14.0. The van der Waals surface area contributed by atoms with Crippen molar-refractivity contribution in [3.8, 4) is 5.75 Å². The van der Waals surface area contributed by atoms with Crippen LogP contribution in [0.5, 0.6) is 5.75 Å². The number of carbonyl (C=O) groups is 1. The monoisotopic (exact) mass is 460 g/mol. The summed E-state index contributed by atoms with van der Waals surface area (Å²) in [6.45, 7) is 2.24. The molecule has 0 fully saturated rings. The molecule has 0 radical (unpaired) electrons. The van der Waals surface area contributed by atoms with Gasteiger partial charge in [0, 0.05) is 6.07 Å². The van der Waals surface area contributed by atoms with Gasteiger partial charge < -0.3 is 10.1 Å². The van der Waals surface area contributed by atoms with Crippen molar-refractivity contribution in [3.63, 3.8) is 0 Å². The van der Waals surface area contributed by atoms with Crippen molar-refractivity contribution in [2.24, 2.45) is 0 Å². The molecule has 3 aromatic rings. The Labute approximate surface area is 185 Å². The van der Waals surface area contributed by atoms with Gasteiger partial charge in [0.25, 0.3) is 0 Å². The molecule has 9 heteroatoms. The van der Waals surface area contributed by atoms with E-state index >= 15 is 0 Å². The molecule has 0 aliphatic rings. The van der Waals surface area contributed by atoms with Crippen LogP contribution < -0.4 is 14.8 Å². The minimum Gasteiger partial charge on any atom is -0.494 e. The highest BCUT2D eigenvalue weighted by Gasteiger charge is 2.27. The summed E-state index contributed by atoms with van der Waals surface area (Å²) >= 11 is 0. The van der Waals surface area contributed by atoms with Crippen LogP contribution in [0.15, 0.2) is 77.7 Å². The average molecular weight is 461 g/mol.